The first-order valence-electron chi connectivity index (χ1n) is 8.23. The molecule has 1 aliphatic rings. The second kappa shape index (κ2) is 13.0. The molecule has 3 rings (SSSR count). The van der Waals surface area contributed by atoms with Crippen LogP contribution in [0.1, 0.15) is 6.23 Å². The third-order valence-corrected chi connectivity index (χ3v) is 3.29. The highest BCUT2D eigenvalue weighted by Crippen LogP contribution is 2.30. The summed E-state index contributed by atoms with van der Waals surface area (Å²) in [6.07, 6.45) is -3.67. The molecule has 1 unspecified atom stereocenters. The summed E-state index contributed by atoms with van der Waals surface area (Å²) in [6, 6.07) is 0. The molecular formula is C10H22N5O17P3. The number of nitrogens with one attached hydrogen (secondary N) is 1. The molecule has 204 valence electrons. The molecule has 0 bridgehead atoms. The van der Waals surface area contributed by atoms with Gasteiger partial charge in [0.25, 0.3) is 5.56 Å². The molecule has 0 saturated carbocycles. The normalized spacial score (nSPS) is 22.3. The summed E-state index contributed by atoms with van der Waals surface area (Å²) in [5, 5.41) is 28.7. The van der Waals surface area contributed by atoms with Crippen molar-refractivity contribution in [3.8, 4) is 0 Å². The van der Waals surface area contributed by atoms with Crippen LogP contribution in [0, 0.1) is 0 Å². The Bertz CT molecular complexity index is 1080. The van der Waals surface area contributed by atoms with Crippen LogP contribution in [0.2, 0.25) is 0 Å². The van der Waals surface area contributed by atoms with Crippen LogP contribution in [0.25, 0.3) is 11.2 Å². The zero-order valence-corrected chi connectivity index (χ0v) is 19.4. The number of aliphatic hydroxyl groups is 3. The van der Waals surface area contributed by atoms with Crippen molar-refractivity contribution in [2.45, 2.75) is 24.5 Å². The number of hydrogen-bond acceptors (Lipinski definition) is 11. The van der Waals surface area contributed by atoms with Gasteiger partial charge in [0.1, 0.15) is 18.3 Å². The summed E-state index contributed by atoms with van der Waals surface area (Å²) in [5.41, 5.74) is 5.36. The van der Waals surface area contributed by atoms with Crippen molar-refractivity contribution in [3.63, 3.8) is 0 Å². The molecule has 1 aliphatic heterocycles. The molecule has 2 aromatic rings. The predicted molar refractivity (Wildman–Crippen MR) is 108 cm³/mol. The van der Waals surface area contributed by atoms with E-state index in [1.807, 2.05) is 0 Å². The van der Waals surface area contributed by atoms with Gasteiger partial charge >= 0.3 is 23.5 Å². The quantitative estimate of drug-likeness (QED) is 0.148. The molecule has 35 heavy (non-hydrogen) atoms. The van der Waals surface area contributed by atoms with Crippen molar-refractivity contribution in [1.82, 2.24) is 19.5 Å². The minimum Gasteiger partial charge on any atom is -0.394 e. The number of ether oxygens (including phenoxy) is 1. The van der Waals surface area contributed by atoms with E-state index in [9.17, 15) is 15.0 Å². The van der Waals surface area contributed by atoms with Crippen LogP contribution in [-0.2, 0) is 18.4 Å². The van der Waals surface area contributed by atoms with Gasteiger partial charge < -0.3 is 74.8 Å². The summed E-state index contributed by atoms with van der Waals surface area (Å²) in [4.78, 5) is 87.3. The number of fused-ring (bicyclic) bond motifs is 1. The van der Waals surface area contributed by atoms with Crippen LogP contribution in [0.5, 0.6) is 0 Å². The van der Waals surface area contributed by atoms with Gasteiger partial charge in [-0.1, -0.05) is 0 Å². The molecule has 25 heteroatoms. The van der Waals surface area contributed by atoms with Gasteiger partial charge in [-0.15, -0.1) is 0 Å². The van der Waals surface area contributed by atoms with Gasteiger partial charge in [0.2, 0.25) is 5.95 Å². The first-order valence-corrected chi connectivity index (χ1v) is 12.9. The van der Waals surface area contributed by atoms with E-state index in [4.69, 9.17) is 73.3 Å². The van der Waals surface area contributed by atoms with E-state index in [-0.39, 0.29) is 17.1 Å². The summed E-state index contributed by atoms with van der Waals surface area (Å²) >= 11 is 0. The number of phosphoric acid groups is 3. The minimum atomic E-state index is -4.64. The Morgan fingerprint density at radius 2 is 1.37 bits per heavy atom. The van der Waals surface area contributed by atoms with Crippen LogP contribution in [0.4, 0.5) is 5.95 Å². The number of nitrogen functional groups attached to an aromatic ring is 1. The predicted octanol–water partition coefficient (Wildman–Crippen LogP) is -5.47. The number of anilines is 1. The first-order chi connectivity index (χ1) is 15.5. The standard InChI is InChI=1S/C10H13N5O5.3H3O4P/c11-10-14-7-4(12-2-13-7)8(19)15(10)9-6(18)5(17)3(1-16)20-9;3*1-5(2,3)4/h2-3,5-6,9,16-18H,1H2,(H2,11,14)(H,12,13);3*(H3,1,2,3,4)/t3-,5-,6+,9?;;;/m1.../s1. The number of nitrogens with two attached hydrogens (primary N) is 1. The van der Waals surface area contributed by atoms with Crippen molar-refractivity contribution in [1.29, 1.82) is 0 Å². The van der Waals surface area contributed by atoms with Gasteiger partial charge in [-0.25, -0.2) is 23.2 Å². The van der Waals surface area contributed by atoms with E-state index in [0.717, 1.165) is 4.57 Å². The maximum absolute atomic E-state index is 12.3. The highest BCUT2D eigenvalue weighted by atomic mass is 31.2. The lowest BCUT2D eigenvalue weighted by molar-refractivity contribution is -0.0534. The number of H-pyrrole nitrogens is 1. The van der Waals surface area contributed by atoms with Gasteiger partial charge in [0, 0.05) is 0 Å². The zero-order valence-electron chi connectivity index (χ0n) is 16.8. The molecule has 0 aliphatic carbocycles. The highest BCUT2D eigenvalue weighted by Gasteiger charge is 2.44. The summed E-state index contributed by atoms with van der Waals surface area (Å²) in [5.74, 6) is -0.204. The number of aromatic amines is 1. The molecule has 0 aromatic carbocycles. The number of aliphatic hydroxyl groups excluding tert-OH is 3. The summed E-state index contributed by atoms with van der Waals surface area (Å²) in [7, 11) is -13.9. The maximum Gasteiger partial charge on any atom is 0.466 e. The van der Waals surface area contributed by atoms with E-state index in [1.165, 1.54) is 6.33 Å². The molecule has 15 N–H and O–H groups in total. The molecular weight excluding hydrogens is 555 g/mol. The SMILES string of the molecule is Nc1nc2nc[nH]c2c(=O)n1C1O[C@H](CO)[C@@H](O)[C@@H]1O.O=P(O)(O)O.O=P(O)(O)O.O=P(O)(O)O. The fourth-order valence-corrected chi connectivity index (χ4v) is 2.26. The minimum absolute atomic E-state index is 0.108. The lowest BCUT2D eigenvalue weighted by Gasteiger charge is -2.18. The third-order valence-electron chi connectivity index (χ3n) is 3.29. The van der Waals surface area contributed by atoms with E-state index in [0.29, 0.717) is 0 Å². The van der Waals surface area contributed by atoms with Crippen LogP contribution in [0.3, 0.4) is 0 Å². The Morgan fingerprint density at radius 3 is 1.74 bits per heavy atom. The van der Waals surface area contributed by atoms with Crippen LogP contribution in [0.15, 0.2) is 11.1 Å². The fraction of sp³-hybridized carbons (Fsp3) is 0.500. The number of nitrogens with zero attached hydrogens (tertiary/aromatic N) is 3. The summed E-state index contributed by atoms with van der Waals surface area (Å²) in [6.45, 7) is -0.497. The molecule has 0 amide bonds. The topological polar surface area (TPSA) is 393 Å². The lowest BCUT2D eigenvalue weighted by atomic mass is 10.1. The number of aromatic nitrogens is 4. The highest BCUT2D eigenvalue weighted by molar-refractivity contribution is 7.45. The molecule has 3 heterocycles. The fourth-order valence-electron chi connectivity index (χ4n) is 2.26. The van der Waals surface area contributed by atoms with Gasteiger partial charge in [0.15, 0.2) is 17.4 Å². The van der Waals surface area contributed by atoms with Gasteiger partial charge in [-0.2, -0.15) is 4.98 Å². The summed E-state index contributed by atoms with van der Waals surface area (Å²) < 4.78 is 32.8. The van der Waals surface area contributed by atoms with Crippen LogP contribution in [-0.4, -0.2) is 104 Å². The molecule has 4 atom stereocenters. The molecule has 1 fully saturated rings. The molecule has 2 aromatic heterocycles. The average Bonchev–Trinajstić information content (AvgIpc) is 3.17. The van der Waals surface area contributed by atoms with Gasteiger partial charge in [0.05, 0.1) is 12.9 Å². The molecule has 22 nitrogen and oxygen atoms in total. The Labute approximate surface area is 192 Å². The number of hydrogen-bond donors (Lipinski definition) is 14. The van der Waals surface area contributed by atoms with Crippen molar-refractivity contribution in [2.75, 3.05) is 12.3 Å². The lowest BCUT2D eigenvalue weighted by Crippen LogP contribution is -2.36. The van der Waals surface area contributed by atoms with Crippen molar-refractivity contribution in [2.24, 2.45) is 0 Å². The molecule has 0 spiro atoms. The average molecular weight is 577 g/mol. The number of rotatable bonds is 2. The van der Waals surface area contributed by atoms with E-state index in [1.54, 1.807) is 0 Å². The van der Waals surface area contributed by atoms with Crippen molar-refractivity contribution < 1.29 is 77.8 Å². The number of imidazole rings is 1. The molecule has 1 saturated heterocycles. The Morgan fingerprint density at radius 1 is 0.943 bits per heavy atom. The maximum atomic E-state index is 12.3. The van der Waals surface area contributed by atoms with Crippen LogP contribution >= 0.6 is 23.5 Å². The second-order valence-corrected chi connectivity index (χ2v) is 9.09. The van der Waals surface area contributed by atoms with E-state index >= 15 is 0 Å². The van der Waals surface area contributed by atoms with E-state index in [2.05, 4.69) is 15.0 Å². The monoisotopic (exact) mass is 577 g/mol. The third kappa shape index (κ3) is 13.8. The Kier molecular flexibility index (Phi) is 12.4. The smallest absolute Gasteiger partial charge is 0.394 e. The largest absolute Gasteiger partial charge is 0.466 e. The van der Waals surface area contributed by atoms with Crippen LogP contribution < -0.4 is 11.3 Å². The Balaban J connectivity index is 0.000000635. The van der Waals surface area contributed by atoms with Gasteiger partial charge in [-0.3, -0.25) is 4.79 Å². The second-order valence-electron chi connectivity index (χ2n) is 6.01. The molecule has 0 radical (unpaired) electrons. The van der Waals surface area contributed by atoms with Crippen molar-refractivity contribution in [3.05, 3.63) is 16.7 Å². The Hall–Kier alpha value is -1.68. The van der Waals surface area contributed by atoms with Gasteiger partial charge in [-0.05, 0) is 0 Å². The van der Waals surface area contributed by atoms with Crippen molar-refractivity contribution >= 4 is 40.6 Å². The van der Waals surface area contributed by atoms with E-state index < -0.39 is 60.2 Å². The zero-order chi connectivity index (χ0) is 27.9. The first kappa shape index (κ1) is 33.3.